The van der Waals surface area contributed by atoms with Crippen LogP contribution in [0.2, 0.25) is 0 Å². The predicted molar refractivity (Wildman–Crippen MR) is 73.2 cm³/mol. The number of hydrogen-bond acceptors (Lipinski definition) is 3. The van der Waals surface area contributed by atoms with E-state index in [2.05, 4.69) is 34.2 Å². The van der Waals surface area contributed by atoms with Crippen LogP contribution in [0.5, 0.6) is 0 Å². The fraction of sp³-hybridized carbons (Fsp3) is 0.333. The number of rotatable bonds is 2. The Morgan fingerprint density at radius 2 is 1.83 bits per heavy atom. The number of anilines is 1. The SMILES string of the molecule is Cc1c(N)ncnc1-c1ccc(C2CCC2)cc1. The number of aromatic nitrogens is 2. The van der Waals surface area contributed by atoms with Crippen molar-refractivity contribution >= 4 is 5.82 Å². The molecule has 0 atom stereocenters. The quantitative estimate of drug-likeness (QED) is 0.874. The summed E-state index contributed by atoms with van der Waals surface area (Å²) in [4.78, 5) is 8.33. The Morgan fingerprint density at radius 3 is 2.44 bits per heavy atom. The molecule has 18 heavy (non-hydrogen) atoms. The van der Waals surface area contributed by atoms with Gasteiger partial charge >= 0.3 is 0 Å². The van der Waals surface area contributed by atoms with Gasteiger partial charge in [-0.25, -0.2) is 9.97 Å². The largest absolute Gasteiger partial charge is 0.383 e. The van der Waals surface area contributed by atoms with Crippen LogP contribution in [0.25, 0.3) is 11.3 Å². The van der Waals surface area contributed by atoms with Gasteiger partial charge in [0.2, 0.25) is 0 Å². The van der Waals surface area contributed by atoms with Gasteiger partial charge in [0.1, 0.15) is 12.1 Å². The molecule has 0 aliphatic heterocycles. The lowest BCUT2D eigenvalue weighted by molar-refractivity contribution is 0.420. The first-order valence-corrected chi connectivity index (χ1v) is 6.43. The maximum absolute atomic E-state index is 5.82. The summed E-state index contributed by atoms with van der Waals surface area (Å²) in [5.74, 6) is 1.33. The van der Waals surface area contributed by atoms with E-state index in [9.17, 15) is 0 Å². The Morgan fingerprint density at radius 1 is 1.11 bits per heavy atom. The van der Waals surface area contributed by atoms with Crippen molar-refractivity contribution < 1.29 is 0 Å². The molecule has 92 valence electrons. The first-order chi connectivity index (χ1) is 8.75. The third-order valence-electron chi connectivity index (χ3n) is 3.88. The highest BCUT2D eigenvalue weighted by Gasteiger charge is 2.19. The summed E-state index contributed by atoms with van der Waals surface area (Å²) in [7, 11) is 0. The number of nitrogens with two attached hydrogens (primary N) is 1. The van der Waals surface area contributed by atoms with Crippen molar-refractivity contribution in [2.24, 2.45) is 0 Å². The van der Waals surface area contributed by atoms with Crippen LogP contribution >= 0.6 is 0 Å². The van der Waals surface area contributed by atoms with Crippen LogP contribution in [0.3, 0.4) is 0 Å². The monoisotopic (exact) mass is 239 g/mol. The zero-order chi connectivity index (χ0) is 12.5. The highest BCUT2D eigenvalue weighted by molar-refractivity contribution is 5.67. The van der Waals surface area contributed by atoms with Gasteiger partial charge in [-0.2, -0.15) is 0 Å². The van der Waals surface area contributed by atoms with Crippen molar-refractivity contribution in [1.82, 2.24) is 9.97 Å². The zero-order valence-electron chi connectivity index (χ0n) is 10.6. The maximum Gasteiger partial charge on any atom is 0.130 e. The molecule has 0 saturated heterocycles. The third-order valence-corrected chi connectivity index (χ3v) is 3.88. The van der Waals surface area contributed by atoms with Crippen molar-refractivity contribution in [3.8, 4) is 11.3 Å². The van der Waals surface area contributed by atoms with E-state index in [1.54, 1.807) is 0 Å². The van der Waals surface area contributed by atoms with E-state index in [0.29, 0.717) is 5.82 Å². The number of nitrogens with zero attached hydrogens (tertiary/aromatic N) is 2. The Bertz CT molecular complexity index is 556. The minimum atomic E-state index is 0.558. The van der Waals surface area contributed by atoms with Gasteiger partial charge in [0.05, 0.1) is 5.69 Å². The maximum atomic E-state index is 5.82. The molecule has 3 rings (SSSR count). The normalized spacial score (nSPS) is 15.4. The van der Waals surface area contributed by atoms with Crippen molar-refractivity contribution in [3.05, 3.63) is 41.7 Å². The summed E-state index contributed by atoms with van der Waals surface area (Å²) in [5.41, 5.74) is 10.3. The van der Waals surface area contributed by atoms with Gasteiger partial charge in [-0.15, -0.1) is 0 Å². The number of hydrogen-bond donors (Lipinski definition) is 1. The molecule has 0 unspecified atom stereocenters. The lowest BCUT2D eigenvalue weighted by Crippen LogP contribution is -2.08. The molecule has 0 spiro atoms. The molecular weight excluding hydrogens is 222 g/mol. The van der Waals surface area contributed by atoms with Crippen LogP contribution in [0, 0.1) is 6.92 Å². The van der Waals surface area contributed by atoms with Crippen LogP contribution < -0.4 is 5.73 Å². The van der Waals surface area contributed by atoms with Gasteiger partial charge in [-0.1, -0.05) is 30.7 Å². The number of benzene rings is 1. The summed E-state index contributed by atoms with van der Waals surface area (Å²) < 4.78 is 0. The van der Waals surface area contributed by atoms with Gasteiger partial charge < -0.3 is 5.73 Å². The average Bonchev–Trinajstić information content (AvgIpc) is 2.32. The van der Waals surface area contributed by atoms with Crippen LogP contribution in [0.4, 0.5) is 5.82 Å². The summed E-state index contributed by atoms with van der Waals surface area (Å²) in [6.07, 6.45) is 5.56. The van der Waals surface area contributed by atoms with Gasteiger partial charge in [0, 0.05) is 11.1 Å². The lowest BCUT2D eigenvalue weighted by atomic mass is 9.80. The zero-order valence-corrected chi connectivity index (χ0v) is 10.6. The minimum Gasteiger partial charge on any atom is -0.383 e. The minimum absolute atomic E-state index is 0.558. The van der Waals surface area contributed by atoms with E-state index in [-0.39, 0.29) is 0 Å². The summed E-state index contributed by atoms with van der Waals surface area (Å²) in [6.45, 7) is 1.96. The Hall–Kier alpha value is -1.90. The Balaban J connectivity index is 1.94. The molecule has 1 saturated carbocycles. The number of nitrogen functional groups attached to an aromatic ring is 1. The third kappa shape index (κ3) is 1.86. The van der Waals surface area contributed by atoms with Crippen LogP contribution in [0.1, 0.15) is 36.3 Å². The Labute approximate surface area is 107 Å². The van der Waals surface area contributed by atoms with Gasteiger partial charge in [-0.05, 0) is 31.2 Å². The van der Waals surface area contributed by atoms with E-state index in [4.69, 9.17) is 5.73 Å². The molecule has 2 aromatic rings. The van der Waals surface area contributed by atoms with Crippen molar-refractivity contribution in [2.75, 3.05) is 5.73 Å². The molecular formula is C15H17N3. The molecule has 1 aliphatic carbocycles. The second-order valence-electron chi connectivity index (χ2n) is 4.98. The van der Waals surface area contributed by atoms with Crippen molar-refractivity contribution in [1.29, 1.82) is 0 Å². The molecule has 3 heteroatoms. The molecule has 2 N–H and O–H groups in total. The highest BCUT2D eigenvalue weighted by atomic mass is 14.9. The van der Waals surface area contributed by atoms with E-state index < -0.39 is 0 Å². The van der Waals surface area contributed by atoms with Gasteiger partial charge in [-0.3, -0.25) is 0 Å². The van der Waals surface area contributed by atoms with E-state index in [1.165, 1.54) is 31.2 Å². The van der Waals surface area contributed by atoms with E-state index >= 15 is 0 Å². The van der Waals surface area contributed by atoms with Crippen LogP contribution in [0.15, 0.2) is 30.6 Å². The molecule has 3 nitrogen and oxygen atoms in total. The molecule has 0 bridgehead atoms. The molecule has 0 radical (unpaired) electrons. The summed E-state index contributed by atoms with van der Waals surface area (Å²) in [6, 6.07) is 8.72. The van der Waals surface area contributed by atoms with Gasteiger partial charge in [0.15, 0.2) is 0 Å². The molecule has 0 amide bonds. The highest BCUT2D eigenvalue weighted by Crippen LogP contribution is 2.37. The molecule has 1 heterocycles. The summed E-state index contributed by atoms with van der Waals surface area (Å²) >= 11 is 0. The molecule has 1 fully saturated rings. The van der Waals surface area contributed by atoms with Crippen LogP contribution in [-0.2, 0) is 0 Å². The van der Waals surface area contributed by atoms with Crippen molar-refractivity contribution in [3.63, 3.8) is 0 Å². The van der Waals surface area contributed by atoms with Crippen LogP contribution in [-0.4, -0.2) is 9.97 Å². The molecule has 1 aliphatic rings. The fourth-order valence-corrected chi connectivity index (χ4v) is 2.41. The molecule has 1 aromatic carbocycles. The van der Waals surface area contributed by atoms with Crippen molar-refractivity contribution in [2.45, 2.75) is 32.1 Å². The lowest BCUT2D eigenvalue weighted by Gasteiger charge is -2.25. The van der Waals surface area contributed by atoms with E-state index in [0.717, 1.165) is 22.7 Å². The first-order valence-electron chi connectivity index (χ1n) is 6.43. The Kier molecular flexibility index (Phi) is 2.74. The smallest absolute Gasteiger partial charge is 0.130 e. The fourth-order valence-electron chi connectivity index (χ4n) is 2.41. The summed E-state index contributed by atoms with van der Waals surface area (Å²) in [5, 5.41) is 0. The predicted octanol–water partition coefficient (Wildman–Crippen LogP) is 3.30. The van der Waals surface area contributed by atoms with Gasteiger partial charge in [0.25, 0.3) is 0 Å². The second-order valence-corrected chi connectivity index (χ2v) is 4.98. The molecule has 1 aromatic heterocycles. The first kappa shape index (κ1) is 11.2. The second kappa shape index (κ2) is 4.41. The van der Waals surface area contributed by atoms with E-state index in [1.807, 2.05) is 6.92 Å². The average molecular weight is 239 g/mol. The topological polar surface area (TPSA) is 51.8 Å². The standard InChI is InChI=1S/C15H17N3/c1-10-14(17-9-18-15(10)16)13-7-5-12(6-8-13)11-3-2-4-11/h5-9,11H,2-4H2,1H3,(H2,16,17,18).